The fourth-order valence-electron chi connectivity index (χ4n) is 4.82. The third-order valence-corrected chi connectivity index (χ3v) is 6.88. The first-order valence-electron chi connectivity index (χ1n) is 13.0. The van der Waals surface area contributed by atoms with Crippen LogP contribution < -0.4 is 14.4 Å². The Labute approximate surface area is 221 Å². The first-order valence-corrected chi connectivity index (χ1v) is 13.0. The standard InChI is InChI=1S/C31H30N4O3/c36-25-16-18-34(19-17-25)26-12-7-13-27-30(26)32-22-35(27)28-14-15-29(37-20-23-8-3-1-4-9-23)33-31(28)38-21-24-10-5-2-6-11-24/h1-15,22,25,36H,16-21H2. The van der Waals surface area contributed by atoms with Gasteiger partial charge in [-0.1, -0.05) is 66.7 Å². The number of aliphatic hydroxyl groups excluding tert-OH is 1. The molecular formula is C31H30N4O3. The lowest BCUT2D eigenvalue weighted by molar-refractivity contribution is 0.145. The number of benzene rings is 3. The minimum atomic E-state index is -0.221. The molecule has 3 aromatic carbocycles. The molecule has 0 spiro atoms. The van der Waals surface area contributed by atoms with Crippen LogP contribution in [0.25, 0.3) is 16.7 Å². The number of aliphatic hydroxyl groups is 1. The smallest absolute Gasteiger partial charge is 0.242 e. The van der Waals surface area contributed by atoms with E-state index < -0.39 is 0 Å². The van der Waals surface area contributed by atoms with Gasteiger partial charge in [-0.25, -0.2) is 4.98 Å². The van der Waals surface area contributed by atoms with Crippen molar-refractivity contribution < 1.29 is 14.6 Å². The van der Waals surface area contributed by atoms with E-state index in [1.165, 1.54) is 0 Å². The Balaban J connectivity index is 1.33. The Kier molecular flexibility index (Phi) is 6.91. The fourth-order valence-corrected chi connectivity index (χ4v) is 4.82. The van der Waals surface area contributed by atoms with Gasteiger partial charge in [0.05, 0.1) is 17.3 Å². The Hall–Kier alpha value is -4.36. The zero-order chi connectivity index (χ0) is 25.7. The first-order chi connectivity index (χ1) is 18.7. The molecule has 1 fully saturated rings. The number of ether oxygens (including phenoxy) is 2. The summed E-state index contributed by atoms with van der Waals surface area (Å²) in [7, 11) is 0. The zero-order valence-corrected chi connectivity index (χ0v) is 21.1. The molecule has 1 aliphatic heterocycles. The highest BCUT2D eigenvalue weighted by Crippen LogP contribution is 2.33. The number of anilines is 1. The number of pyridine rings is 1. The van der Waals surface area contributed by atoms with Crippen molar-refractivity contribution in [3.05, 3.63) is 108 Å². The van der Waals surface area contributed by atoms with Crippen molar-refractivity contribution in [1.29, 1.82) is 0 Å². The molecule has 2 aromatic heterocycles. The molecule has 0 radical (unpaired) electrons. The molecule has 0 atom stereocenters. The maximum atomic E-state index is 9.95. The van der Waals surface area contributed by atoms with E-state index in [9.17, 15) is 5.11 Å². The third-order valence-electron chi connectivity index (χ3n) is 6.88. The Bertz CT molecular complexity index is 1500. The van der Waals surface area contributed by atoms with Gasteiger partial charge in [0.2, 0.25) is 11.8 Å². The second-order valence-electron chi connectivity index (χ2n) is 9.50. The lowest BCUT2D eigenvalue weighted by atomic mass is 10.1. The van der Waals surface area contributed by atoms with Gasteiger partial charge in [-0.05, 0) is 42.2 Å². The predicted molar refractivity (Wildman–Crippen MR) is 148 cm³/mol. The van der Waals surface area contributed by atoms with E-state index in [0.29, 0.717) is 25.0 Å². The van der Waals surface area contributed by atoms with Crippen LogP contribution in [0.15, 0.2) is 97.3 Å². The van der Waals surface area contributed by atoms with Crippen molar-refractivity contribution in [1.82, 2.24) is 14.5 Å². The molecule has 0 aliphatic carbocycles. The summed E-state index contributed by atoms with van der Waals surface area (Å²) in [6.45, 7) is 2.44. The van der Waals surface area contributed by atoms with Crippen LogP contribution in [0.2, 0.25) is 0 Å². The predicted octanol–water partition coefficient (Wildman–Crippen LogP) is 5.54. The summed E-state index contributed by atoms with van der Waals surface area (Å²) in [5, 5.41) is 9.95. The van der Waals surface area contributed by atoms with Crippen molar-refractivity contribution in [2.45, 2.75) is 32.2 Å². The number of imidazole rings is 1. The van der Waals surface area contributed by atoms with Gasteiger partial charge in [0, 0.05) is 19.2 Å². The van der Waals surface area contributed by atoms with Gasteiger partial charge in [0.15, 0.2) is 0 Å². The zero-order valence-electron chi connectivity index (χ0n) is 21.1. The molecule has 0 unspecified atom stereocenters. The maximum Gasteiger partial charge on any atom is 0.242 e. The van der Waals surface area contributed by atoms with Gasteiger partial charge in [0.1, 0.15) is 30.7 Å². The molecule has 0 bridgehead atoms. The number of piperidine rings is 1. The van der Waals surface area contributed by atoms with Crippen LogP contribution in [0.5, 0.6) is 11.8 Å². The summed E-state index contributed by atoms with van der Waals surface area (Å²) >= 11 is 0. The molecule has 0 saturated carbocycles. The highest BCUT2D eigenvalue weighted by Gasteiger charge is 2.21. The van der Waals surface area contributed by atoms with Gasteiger partial charge in [0.25, 0.3) is 0 Å². The Morgan fingerprint density at radius 1 is 0.737 bits per heavy atom. The van der Waals surface area contributed by atoms with Gasteiger partial charge >= 0.3 is 0 Å². The summed E-state index contributed by atoms with van der Waals surface area (Å²) < 4.78 is 14.3. The minimum absolute atomic E-state index is 0.221. The molecule has 0 amide bonds. The van der Waals surface area contributed by atoms with E-state index in [1.807, 2.05) is 83.7 Å². The molecular weight excluding hydrogens is 476 g/mol. The number of aromatic nitrogens is 3. The summed E-state index contributed by atoms with van der Waals surface area (Å²) in [5.41, 5.74) is 5.89. The van der Waals surface area contributed by atoms with Crippen LogP contribution in [0, 0.1) is 0 Å². The van der Waals surface area contributed by atoms with Crippen molar-refractivity contribution in [2.24, 2.45) is 0 Å². The molecule has 1 saturated heterocycles. The van der Waals surface area contributed by atoms with Crippen molar-refractivity contribution >= 4 is 16.7 Å². The second kappa shape index (κ2) is 10.9. The van der Waals surface area contributed by atoms with Crippen LogP contribution in [-0.4, -0.2) is 38.8 Å². The molecule has 38 heavy (non-hydrogen) atoms. The Morgan fingerprint density at radius 2 is 1.42 bits per heavy atom. The van der Waals surface area contributed by atoms with Gasteiger partial charge < -0.3 is 19.5 Å². The summed E-state index contributed by atoms with van der Waals surface area (Å²) in [4.78, 5) is 11.8. The van der Waals surface area contributed by atoms with E-state index in [-0.39, 0.29) is 6.10 Å². The van der Waals surface area contributed by atoms with E-state index in [4.69, 9.17) is 19.4 Å². The third kappa shape index (κ3) is 5.19. The largest absolute Gasteiger partial charge is 0.473 e. The van der Waals surface area contributed by atoms with E-state index >= 15 is 0 Å². The molecule has 1 N–H and O–H groups in total. The molecule has 3 heterocycles. The monoisotopic (exact) mass is 506 g/mol. The number of fused-ring (bicyclic) bond motifs is 1. The molecule has 7 nitrogen and oxygen atoms in total. The number of para-hydroxylation sites is 1. The highest BCUT2D eigenvalue weighted by atomic mass is 16.5. The SMILES string of the molecule is OC1CCN(c2cccc3c2ncn3-c2ccc(OCc3ccccc3)nc2OCc2ccccc2)CC1. The lowest BCUT2D eigenvalue weighted by Gasteiger charge is -2.31. The van der Waals surface area contributed by atoms with Crippen LogP contribution in [0.3, 0.4) is 0 Å². The van der Waals surface area contributed by atoms with Gasteiger partial charge in [-0.2, -0.15) is 4.98 Å². The maximum absolute atomic E-state index is 9.95. The van der Waals surface area contributed by atoms with E-state index in [2.05, 4.69) is 23.1 Å². The molecule has 5 aromatic rings. The topological polar surface area (TPSA) is 72.6 Å². The average molecular weight is 507 g/mol. The highest BCUT2D eigenvalue weighted by molar-refractivity contribution is 5.90. The molecule has 7 heteroatoms. The van der Waals surface area contributed by atoms with Crippen molar-refractivity contribution in [3.63, 3.8) is 0 Å². The van der Waals surface area contributed by atoms with Crippen LogP contribution in [0.1, 0.15) is 24.0 Å². The molecule has 6 rings (SSSR count). The number of nitrogens with zero attached hydrogens (tertiary/aromatic N) is 4. The van der Waals surface area contributed by atoms with Gasteiger partial charge in [-0.15, -0.1) is 0 Å². The van der Waals surface area contributed by atoms with E-state index in [0.717, 1.165) is 59.5 Å². The van der Waals surface area contributed by atoms with Crippen molar-refractivity contribution in [3.8, 4) is 17.4 Å². The number of hydrogen-bond donors (Lipinski definition) is 1. The van der Waals surface area contributed by atoms with Crippen LogP contribution in [0.4, 0.5) is 5.69 Å². The summed E-state index contributed by atoms with van der Waals surface area (Å²) in [6.07, 6.45) is 3.14. The minimum Gasteiger partial charge on any atom is -0.473 e. The quantitative estimate of drug-likeness (QED) is 0.298. The van der Waals surface area contributed by atoms with E-state index in [1.54, 1.807) is 0 Å². The number of hydrogen-bond acceptors (Lipinski definition) is 6. The fraction of sp³-hybridized carbons (Fsp3) is 0.226. The Morgan fingerprint density at radius 3 is 2.13 bits per heavy atom. The number of rotatable bonds is 8. The van der Waals surface area contributed by atoms with Crippen LogP contribution in [-0.2, 0) is 13.2 Å². The average Bonchev–Trinajstić information content (AvgIpc) is 3.41. The normalized spacial score (nSPS) is 14.1. The second-order valence-corrected chi connectivity index (χ2v) is 9.50. The van der Waals surface area contributed by atoms with Gasteiger partial charge in [-0.3, -0.25) is 4.57 Å². The summed E-state index contributed by atoms with van der Waals surface area (Å²) in [6, 6.07) is 30.1. The summed E-state index contributed by atoms with van der Waals surface area (Å²) in [5.74, 6) is 0.975. The van der Waals surface area contributed by atoms with Crippen molar-refractivity contribution in [2.75, 3.05) is 18.0 Å². The molecule has 1 aliphatic rings. The lowest BCUT2D eigenvalue weighted by Crippen LogP contribution is -2.35. The van der Waals surface area contributed by atoms with Crippen LogP contribution >= 0.6 is 0 Å². The first kappa shape index (κ1) is 24.0. The molecule has 192 valence electrons.